The van der Waals surface area contributed by atoms with E-state index in [4.69, 9.17) is 46.4 Å². The van der Waals surface area contributed by atoms with Crippen molar-refractivity contribution in [1.29, 1.82) is 0 Å². The van der Waals surface area contributed by atoms with E-state index in [0.717, 1.165) is 16.1 Å². The Morgan fingerprint density at radius 3 is 2.10 bits per heavy atom. The predicted molar refractivity (Wildman–Crippen MR) is 163 cm³/mol. The van der Waals surface area contributed by atoms with Gasteiger partial charge < -0.3 is 10.2 Å². The second kappa shape index (κ2) is 14.4. The van der Waals surface area contributed by atoms with Crippen LogP contribution in [0.2, 0.25) is 20.1 Å². The third kappa shape index (κ3) is 8.75. The van der Waals surface area contributed by atoms with Crippen molar-refractivity contribution in [2.24, 2.45) is 0 Å². The number of halogens is 4. The first-order valence-corrected chi connectivity index (χ1v) is 15.7. The monoisotopic (exact) mass is 643 g/mol. The summed E-state index contributed by atoms with van der Waals surface area (Å²) >= 11 is 24.6. The van der Waals surface area contributed by atoms with Crippen molar-refractivity contribution in [3.8, 4) is 0 Å². The van der Waals surface area contributed by atoms with Crippen LogP contribution in [0, 0.1) is 0 Å². The fourth-order valence-corrected chi connectivity index (χ4v) is 5.68. The molecule has 2 amide bonds. The zero-order valence-electron chi connectivity index (χ0n) is 21.9. The molecule has 3 rings (SSSR count). The summed E-state index contributed by atoms with van der Waals surface area (Å²) in [7, 11) is -4.01. The van der Waals surface area contributed by atoms with Crippen LogP contribution in [-0.2, 0) is 32.6 Å². The van der Waals surface area contributed by atoms with E-state index >= 15 is 0 Å². The molecule has 1 atom stereocenters. The molecule has 0 saturated carbocycles. The van der Waals surface area contributed by atoms with Gasteiger partial charge >= 0.3 is 0 Å². The van der Waals surface area contributed by atoms with E-state index in [0.29, 0.717) is 23.6 Å². The van der Waals surface area contributed by atoms with Crippen LogP contribution in [0.15, 0.2) is 66.7 Å². The minimum Gasteiger partial charge on any atom is -0.354 e. The molecule has 0 aliphatic rings. The topological polar surface area (TPSA) is 86.8 Å². The van der Waals surface area contributed by atoms with Gasteiger partial charge in [0, 0.05) is 24.5 Å². The molecule has 0 aliphatic heterocycles. The van der Waals surface area contributed by atoms with Crippen molar-refractivity contribution >= 4 is 73.9 Å². The molecule has 7 nitrogen and oxygen atoms in total. The number of sulfonamides is 1. The average Bonchev–Trinajstić information content (AvgIpc) is 2.91. The Balaban J connectivity index is 2.07. The third-order valence-corrected chi connectivity index (χ3v) is 8.43. The molecule has 0 bridgehead atoms. The molecule has 1 N–H and O–H groups in total. The van der Waals surface area contributed by atoms with Gasteiger partial charge in [-0.15, -0.1) is 0 Å². The number of nitrogens with zero attached hydrogens (tertiary/aromatic N) is 2. The Kier molecular flexibility index (Phi) is 11.5. The zero-order valence-corrected chi connectivity index (χ0v) is 25.8. The highest BCUT2D eigenvalue weighted by Crippen LogP contribution is 2.35. The van der Waals surface area contributed by atoms with Crippen LogP contribution in [0.25, 0.3) is 0 Å². The van der Waals surface area contributed by atoms with Gasteiger partial charge in [-0.3, -0.25) is 13.9 Å². The van der Waals surface area contributed by atoms with Crippen molar-refractivity contribution in [1.82, 2.24) is 10.2 Å². The Hall–Kier alpha value is -2.49. The van der Waals surface area contributed by atoms with Gasteiger partial charge in [0.2, 0.25) is 21.8 Å². The maximum absolute atomic E-state index is 14.0. The molecule has 0 spiro atoms. The summed E-state index contributed by atoms with van der Waals surface area (Å²) < 4.78 is 26.7. The van der Waals surface area contributed by atoms with Gasteiger partial charge in [-0.2, -0.15) is 0 Å². The number of carbonyl (C=O) groups is 2. The summed E-state index contributed by atoms with van der Waals surface area (Å²) in [6, 6.07) is 17.8. The average molecular weight is 645 g/mol. The molecular formula is C28H29Cl4N3O4S. The Bertz CT molecular complexity index is 1440. The van der Waals surface area contributed by atoms with Crippen LogP contribution >= 0.6 is 46.4 Å². The van der Waals surface area contributed by atoms with Crippen molar-refractivity contribution in [3.05, 3.63) is 97.9 Å². The maximum atomic E-state index is 14.0. The summed E-state index contributed by atoms with van der Waals surface area (Å²) in [6.07, 6.45) is 1.87. The Morgan fingerprint density at radius 2 is 1.50 bits per heavy atom. The van der Waals surface area contributed by atoms with E-state index in [9.17, 15) is 18.0 Å². The van der Waals surface area contributed by atoms with Crippen LogP contribution in [0.5, 0.6) is 0 Å². The highest BCUT2D eigenvalue weighted by atomic mass is 35.5. The quantitative estimate of drug-likeness (QED) is 0.237. The standard InChI is InChI=1S/C28H29Cl4N3O4S/c1-3-13-33-28(37)26(14-19-7-5-4-6-8-19)34(17-20-9-11-21(29)12-10-20)27(36)18-35(40(2,38)39)25-16-23(31)22(30)15-24(25)32/h4-12,15-16,26H,3,13-14,17-18H2,1-2H3,(H,33,37). The molecular weight excluding hydrogens is 616 g/mol. The van der Waals surface area contributed by atoms with Gasteiger partial charge in [0.1, 0.15) is 12.6 Å². The lowest BCUT2D eigenvalue weighted by Crippen LogP contribution is -2.53. The van der Waals surface area contributed by atoms with E-state index < -0.39 is 28.5 Å². The maximum Gasteiger partial charge on any atom is 0.244 e. The number of rotatable bonds is 12. The Labute approximate surface area is 255 Å². The molecule has 12 heteroatoms. The lowest BCUT2D eigenvalue weighted by atomic mass is 10.0. The van der Waals surface area contributed by atoms with E-state index in [2.05, 4.69) is 5.32 Å². The smallest absolute Gasteiger partial charge is 0.244 e. The van der Waals surface area contributed by atoms with Crippen LogP contribution in [-0.4, -0.2) is 50.5 Å². The van der Waals surface area contributed by atoms with E-state index in [1.165, 1.54) is 17.0 Å². The lowest BCUT2D eigenvalue weighted by molar-refractivity contribution is -0.140. The van der Waals surface area contributed by atoms with Crippen LogP contribution < -0.4 is 9.62 Å². The number of benzene rings is 3. The summed E-state index contributed by atoms with van der Waals surface area (Å²) in [5.41, 5.74) is 1.53. The largest absolute Gasteiger partial charge is 0.354 e. The number of anilines is 1. The van der Waals surface area contributed by atoms with Gasteiger partial charge in [0.05, 0.1) is 27.0 Å². The highest BCUT2D eigenvalue weighted by molar-refractivity contribution is 7.92. The molecule has 0 radical (unpaired) electrons. The first kappa shape index (κ1) is 32.0. The number of hydrogen-bond donors (Lipinski definition) is 1. The minimum atomic E-state index is -4.01. The molecule has 1 unspecified atom stereocenters. The van der Waals surface area contributed by atoms with Crippen molar-refractivity contribution in [3.63, 3.8) is 0 Å². The second-order valence-electron chi connectivity index (χ2n) is 9.13. The summed E-state index contributed by atoms with van der Waals surface area (Å²) in [5, 5.41) is 3.60. The SMILES string of the molecule is CCCNC(=O)C(Cc1ccccc1)N(Cc1ccc(Cl)cc1)C(=O)CN(c1cc(Cl)c(Cl)cc1Cl)S(C)(=O)=O. The van der Waals surface area contributed by atoms with E-state index in [1.807, 2.05) is 37.3 Å². The van der Waals surface area contributed by atoms with Crippen LogP contribution in [0.3, 0.4) is 0 Å². The predicted octanol–water partition coefficient (Wildman–Crippen LogP) is 6.23. The van der Waals surface area contributed by atoms with Crippen LogP contribution in [0.4, 0.5) is 5.69 Å². The molecule has 0 aromatic heterocycles. The van der Waals surface area contributed by atoms with Crippen molar-refractivity contribution in [2.75, 3.05) is 23.7 Å². The highest BCUT2D eigenvalue weighted by Gasteiger charge is 2.33. The van der Waals surface area contributed by atoms with E-state index in [-0.39, 0.29) is 39.6 Å². The number of hydrogen-bond acceptors (Lipinski definition) is 4. The molecule has 3 aromatic rings. The number of amides is 2. The van der Waals surface area contributed by atoms with E-state index in [1.54, 1.807) is 24.3 Å². The fourth-order valence-electron chi connectivity index (χ4n) is 4.00. The fraction of sp³-hybridized carbons (Fsp3) is 0.286. The van der Waals surface area contributed by atoms with Gasteiger partial charge in [-0.05, 0) is 41.8 Å². The first-order chi connectivity index (χ1) is 18.9. The summed E-state index contributed by atoms with van der Waals surface area (Å²) in [5.74, 6) is -0.971. The number of carbonyl (C=O) groups excluding carboxylic acids is 2. The normalized spacial score (nSPS) is 12.1. The zero-order chi connectivity index (χ0) is 29.4. The van der Waals surface area contributed by atoms with Gasteiger partial charge in [0.15, 0.2) is 0 Å². The molecule has 0 saturated heterocycles. The molecule has 214 valence electrons. The van der Waals surface area contributed by atoms with Crippen molar-refractivity contribution in [2.45, 2.75) is 32.4 Å². The molecule has 0 heterocycles. The lowest BCUT2D eigenvalue weighted by Gasteiger charge is -2.33. The van der Waals surface area contributed by atoms with Crippen molar-refractivity contribution < 1.29 is 18.0 Å². The Morgan fingerprint density at radius 1 is 0.875 bits per heavy atom. The number of nitrogens with one attached hydrogen (secondary N) is 1. The second-order valence-corrected chi connectivity index (χ2v) is 12.7. The van der Waals surface area contributed by atoms with Crippen LogP contribution in [0.1, 0.15) is 24.5 Å². The molecule has 3 aromatic carbocycles. The summed E-state index contributed by atoms with van der Waals surface area (Å²) in [6.45, 7) is 1.74. The van der Waals surface area contributed by atoms with Gasteiger partial charge in [-0.25, -0.2) is 8.42 Å². The van der Waals surface area contributed by atoms with Gasteiger partial charge in [-0.1, -0.05) is 95.8 Å². The van der Waals surface area contributed by atoms with Gasteiger partial charge in [0.25, 0.3) is 0 Å². The summed E-state index contributed by atoms with van der Waals surface area (Å²) in [4.78, 5) is 28.9. The molecule has 0 aliphatic carbocycles. The molecule has 0 fully saturated rings. The minimum absolute atomic E-state index is 0.00148. The first-order valence-electron chi connectivity index (χ1n) is 12.4. The molecule has 40 heavy (non-hydrogen) atoms. The third-order valence-electron chi connectivity index (χ3n) is 6.02.